The summed E-state index contributed by atoms with van der Waals surface area (Å²) >= 11 is 0. The number of carbonyl (C=O) groups excluding carboxylic acids is 1. The molecule has 0 spiro atoms. The van der Waals surface area contributed by atoms with Crippen molar-refractivity contribution in [2.24, 2.45) is 0 Å². The zero-order chi connectivity index (χ0) is 21.5. The van der Waals surface area contributed by atoms with Gasteiger partial charge >= 0.3 is 0 Å². The summed E-state index contributed by atoms with van der Waals surface area (Å²) in [5.74, 6) is 0.779. The van der Waals surface area contributed by atoms with Crippen LogP contribution in [-0.2, 0) is 16.0 Å². The number of halogens is 1. The maximum absolute atomic E-state index is 14.0. The van der Waals surface area contributed by atoms with Crippen molar-refractivity contribution in [3.8, 4) is 11.3 Å². The molecular weight excluding hydrogens is 395 g/mol. The summed E-state index contributed by atoms with van der Waals surface area (Å²) in [4.78, 5) is 15.0. The number of furan rings is 1. The SMILES string of the molecule is O=C(CCc1ccc(-c2ccccc2F)o1)NC(CN1CCOCC1)c1ccccc1. The highest BCUT2D eigenvalue weighted by Gasteiger charge is 2.20. The Morgan fingerprint density at radius 2 is 1.74 bits per heavy atom. The lowest BCUT2D eigenvalue weighted by atomic mass is 10.1. The molecule has 2 heterocycles. The van der Waals surface area contributed by atoms with E-state index in [0.29, 0.717) is 29.9 Å². The molecule has 2 aromatic carbocycles. The van der Waals surface area contributed by atoms with Gasteiger partial charge in [0, 0.05) is 32.5 Å². The molecule has 0 bridgehead atoms. The number of nitrogens with one attached hydrogen (secondary N) is 1. The third-order valence-corrected chi connectivity index (χ3v) is 5.48. The van der Waals surface area contributed by atoms with Gasteiger partial charge < -0.3 is 14.5 Å². The molecule has 1 saturated heterocycles. The zero-order valence-electron chi connectivity index (χ0n) is 17.4. The van der Waals surface area contributed by atoms with Crippen LogP contribution < -0.4 is 5.32 Å². The number of aryl methyl sites for hydroxylation is 1. The molecule has 1 aliphatic heterocycles. The van der Waals surface area contributed by atoms with E-state index >= 15 is 0 Å². The molecular formula is C25H27FN2O3. The van der Waals surface area contributed by atoms with Crippen LogP contribution in [0, 0.1) is 5.82 Å². The molecule has 1 N–H and O–H groups in total. The second kappa shape index (κ2) is 10.4. The van der Waals surface area contributed by atoms with Crippen LogP contribution >= 0.6 is 0 Å². The normalized spacial score (nSPS) is 15.5. The highest BCUT2D eigenvalue weighted by molar-refractivity contribution is 5.76. The van der Waals surface area contributed by atoms with Gasteiger partial charge in [0.05, 0.1) is 24.8 Å². The molecule has 1 aromatic heterocycles. The first-order valence-electron chi connectivity index (χ1n) is 10.7. The van der Waals surface area contributed by atoms with Crippen LogP contribution in [0.4, 0.5) is 4.39 Å². The van der Waals surface area contributed by atoms with E-state index in [2.05, 4.69) is 10.2 Å². The van der Waals surface area contributed by atoms with Gasteiger partial charge in [0.15, 0.2) is 0 Å². The van der Waals surface area contributed by atoms with E-state index < -0.39 is 0 Å². The first-order valence-corrected chi connectivity index (χ1v) is 10.7. The minimum atomic E-state index is -0.324. The van der Waals surface area contributed by atoms with Crippen molar-refractivity contribution in [2.45, 2.75) is 18.9 Å². The lowest BCUT2D eigenvalue weighted by molar-refractivity contribution is -0.122. The number of ether oxygens (including phenoxy) is 1. The van der Waals surface area contributed by atoms with Crippen LogP contribution in [0.25, 0.3) is 11.3 Å². The molecule has 3 aromatic rings. The van der Waals surface area contributed by atoms with Crippen LogP contribution in [-0.4, -0.2) is 43.7 Å². The van der Waals surface area contributed by atoms with Crippen molar-refractivity contribution in [2.75, 3.05) is 32.8 Å². The van der Waals surface area contributed by atoms with Gasteiger partial charge in [-0.25, -0.2) is 4.39 Å². The number of morpholine rings is 1. The summed E-state index contributed by atoms with van der Waals surface area (Å²) in [6, 6.07) is 20.0. The molecule has 4 rings (SSSR count). The number of benzene rings is 2. The minimum absolute atomic E-state index is 0.0362. The summed E-state index contributed by atoms with van der Waals surface area (Å²) in [7, 11) is 0. The number of rotatable bonds is 8. The molecule has 0 radical (unpaired) electrons. The van der Waals surface area contributed by atoms with Gasteiger partial charge in [0.2, 0.25) is 5.91 Å². The molecule has 1 unspecified atom stereocenters. The molecule has 1 amide bonds. The number of hydrogen-bond acceptors (Lipinski definition) is 4. The van der Waals surface area contributed by atoms with E-state index in [-0.39, 0.29) is 17.8 Å². The number of hydrogen-bond donors (Lipinski definition) is 1. The van der Waals surface area contributed by atoms with Gasteiger partial charge in [0.1, 0.15) is 17.3 Å². The van der Waals surface area contributed by atoms with Crippen LogP contribution in [0.5, 0.6) is 0 Å². The molecule has 1 fully saturated rings. The van der Waals surface area contributed by atoms with E-state index in [1.807, 2.05) is 30.3 Å². The Labute approximate surface area is 181 Å². The summed E-state index contributed by atoms with van der Waals surface area (Å²) in [5, 5.41) is 3.18. The fourth-order valence-corrected chi connectivity index (χ4v) is 3.78. The predicted molar refractivity (Wildman–Crippen MR) is 117 cm³/mol. The van der Waals surface area contributed by atoms with Crippen LogP contribution in [0.1, 0.15) is 23.8 Å². The van der Waals surface area contributed by atoms with Gasteiger partial charge in [-0.1, -0.05) is 42.5 Å². The zero-order valence-corrected chi connectivity index (χ0v) is 17.4. The van der Waals surface area contributed by atoms with Crippen molar-refractivity contribution in [3.63, 3.8) is 0 Å². The molecule has 31 heavy (non-hydrogen) atoms. The van der Waals surface area contributed by atoms with Gasteiger partial charge in [-0.3, -0.25) is 9.69 Å². The third kappa shape index (κ3) is 5.81. The van der Waals surface area contributed by atoms with Crippen molar-refractivity contribution in [1.82, 2.24) is 10.2 Å². The highest BCUT2D eigenvalue weighted by Crippen LogP contribution is 2.25. The molecule has 1 atom stereocenters. The average Bonchev–Trinajstić information content (AvgIpc) is 3.28. The van der Waals surface area contributed by atoms with E-state index in [4.69, 9.17) is 9.15 Å². The Kier molecular flexibility index (Phi) is 7.12. The number of nitrogens with zero attached hydrogens (tertiary/aromatic N) is 1. The van der Waals surface area contributed by atoms with E-state index in [0.717, 1.165) is 38.4 Å². The van der Waals surface area contributed by atoms with Crippen LogP contribution in [0.15, 0.2) is 71.1 Å². The van der Waals surface area contributed by atoms with Crippen molar-refractivity contribution < 1.29 is 18.3 Å². The Bertz CT molecular complexity index is 983. The van der Waals surface area contributed by atoms with Crippen molar-refractivity contribution in [3.05, 3.63) is 83.9 Å². The van der Waals surface area contributed by atoms with Gasteiger partial charge in [-0.15, -0.1) is 0 Å². The fraction of sp³-hybridized carbons (Fsp3) is 0.320. The molecule has 6 heteroatoms. The number of carbonyl (C=O) groups is 1. The summed E-state index contributed by atoms with van der Waals surface area (Å²) in [6.07, 6.45) is 0.760. The molecule has 0 aliphatic carbocycles. The lowest BCUT2D eigenvalue weighted by Gasteiger charge is -2.31. The van der Waals surface area contributed by atoms with E-state index in [1.54, 1.807) is 30.3 Å². The first kappa shape index (κ1) is 21.3. The minimum Gasteiger partial charge on any atom is -0.461 e. The van der Waals surface area contributed by atoms with Crippen LogP contribution in [0.2, 0.25) is 0 Å². The van der Waals surface area contributed by atoms with Gasteiger partial charge in [-0.2, -0.15) is 0 Å². The fourth-order valence-electron chi connectivity index (χ4n) is 3.78. The molecule has 1 aliphatic rings. The Hall–Kier alpha value is -2.96. The smallest absolute Gasteiger partial charge is 0.220 e. The monoisotopic (exact) mass is 422 g/mol. The predicted octanol–water partition coefficient (Wildman–Crippen LogP) is 4.21. The second-order valence-electron chi connectivity index (χ2n) is 7.69. The molecule has 0 saturated carbocycles. The van der Waals surface area contributed by atoms with Crippen molar-refractivity contribution in [1.29, 1.82) is 0 Å². The standard InChI is InChI=1S/C25H27FN2O3/c26-22-9-5-4-8-21(22)24-12-10-20(31-24)11-13-25(29)27-23(19-6-2-1-3-7-19)18-28-14-16-30-17-15-28/h1-10,12,23H,11,13-18H2,(H,27,29). The lowest BCUT2D eigenvalue weighted by Crippen LogP contribution is -2.43. The quantitative estimate of drug-likeness (QED) is 0.591. The van der Waals surface area contributed by atoms with E-state index in [1.165, 1.54) is 6.07 Å². The molecule has 5 nitrogen and oxygen atoms in total. The summed E-state index contributed by atoms with van der Waals surface area (Å²) < 4.78 is 25.2. The van der Waals surface area contributed by atoms with Crippen LogP contribution in [0.3, 0.4) is 0 Å². The Balaban J connectivity index is 1.36. The second-order valence-corrected chi connectivity index (χ2v) is 7.69. The topological polar surface area (TPSA) is 54.7 Å². The largest absolute Gasteiger partial charge is 0.461 e. The summed E-state index contributed by atoms with van der Waals surface area (Å²) in [5.41, 5.74) is 1.51. The van der Waals surface area contributed by atoms with Crippen molar-refractivity contribution >= 4 is 5.91 Å². The highest BCUT2D eigenvalue weighted by atomic mass is 19.1. The van der Waals surface area contributed by atoms with Gasteiger partial charge in [0.25, 0.3) is 0 Å². The Morgan fingerprint density at radius 3 is 2.52 bits per heavy atom. The average molecular weight is 423 g/mol. The maximum atomic E-state index is 14.0. The van der Waals surface area contributed by atoms with E-state index in [9.17, 15) is 9.18 Å². The Morgan fingerprint density at radius 1 is 1.00 bits per heavy atom. The summed E-state index contributed by atoms with van der Waals surface area (Å²) in [6.45, 7) is 3.92. The molecule has 162 valence electrons. The van der Waals surface area contributed by atoms with Gasteiger partial charge in [-0.05, 0) is 29.8 Å². The third-order valence-electron chi connectivity index (χ3n) is 5.48. The first-order chi connectivity index (χ1) is 15.2. The maximum Gasteiger partial charge on any atom is 0.220 e. The number of amides is 1.